The smallest absolute Gasteiger partial charge is 0.118 e. The minimum Gasteiger partial charge on any atom is -0.508 e. The number of phenolic OH excluding ortho intramolecular Hbond substituents is 1. The summed E-state index contributed by atoms with van der Waals surface area (Å²) < 4.78 is 0. The van der Waals surface area contributed by atoms with E-state index >= 15 is 0 Å². The monoisotopic (exact) mass is 266 g/mol. The van der Waals surface area contributed by atoms with Crippen LogP contribution in [0.4, 0.5) is 0 Å². The molecule has 0 radical (unpaired) electrons. The third-order valence-electron chi connectivity index (χ3n) is 3.82. The molecule has 3 heteroatoms. The molecule has 1 aromatic rings. The molecule has 0 fully saturated rings. The van der Waals surface area contributed by atoms with Crippen molar-refractivity contribution in [3.63, 3.8) is 0 Å². The molecule has 0 saturated heterocycles. The molecule has 3 nitrogen and oxygen atoms in total. The number of phenols is 1. The lowest BCUT2D eigenvalue weighted by molar-refractivity contribution is 0.193. The second-order valence-electron chi connectivity index (χ2n) is 5.27. The first-order chi connectivity index (χ1) is 9.21. The number of benzene rings is 1. The Labute approximate surface area is 115 Å². The van der Waals surface area contributed by atoms with Gasteiger partial charge in [0.15, 0.2) is 0 Å². The molecule has 108 valence electrons. The van der Waals surface area contributed by atoms with E-state index in [1.165, 1.54) is 0 Å². The number of rotatable bonds is 9. The summed E-state index contributed by atoms with van der Waals surface area (Å²) in [5, 5.41) is 28.3. The quantitative estimate of drug-likeness (QED) is 0.644. The zero-order chi connectivity index (χ0) is 14.1. The summed E-state index contributed by atoms with van der Waals surface area (Å²) in [5.41, 5.74) is 0.899. The molecule has 0 bridgehead atoms. The van der Waals surface area contributed by atoms with Gasteiger partial charge in [-0.05, 0) is 42.7 Å². The van der Waals surface area contributed by atoms with E-state index in [1.54, 1.807) is 12.1 Å². The predicted molar refractivity (Wildman–Crippen MR) is 77.1 cm³/mol. The number of aliphatic hydroxyl groups excluding tert-OH is 2. The van der Waals surface area contributed by atoms with Gasteiger partial charge in [0.25, 0.3) is 0 Å². The lowest BCUT2D eigenvalue weighted by atomic mass is 9.91. The number of hydrogen-bond donors (Lipinski definition) is 3. The number of hydrogen-bond acceptors (Lipinski definition) is 3. The van der Waals surface area contributed by atoms with Crippen LogP contribution >= 0.6 is 0 Å². The van der Waals surface area contributed by atoms with Gasteiger partial charge in [0, 0.05) is 13.2 Å². The largest absolute Gasteiger partial charge is 0.508 e. The molecule has 0 aliphatic carbocycles. The minimum atomic E-state index is 0.143. The summed E-state index contributed by atoms with van der Waals surface area (Å²) in [6.07, 6.45) is 4.66. The molecule has 0 saturated carbocycles. The van der Waals surface area contributed by atoms with Crippen LogP contribution in [0.5, 0.6) is 5.75 Å². The van der Waals surface area contributed by atoms with Crippen molar-refractivity contribution >= 4 is 0 Å². The topological polar surface area (TPSA) is 60.7 Å². The van der Waals surface area contributed by atoms with Crippen LogP contribution in [-0.4, -0.2) is 28.5 Å². The van der Waals surface area contributed by atoms with Crippen LogP contribution in [0.15, 0.2) is 24.3 Å². The molecule has 3 N–H and O–H groups in total. The highest BCUT2D eigenvalue weighted by molar-refractivity contribution is 5.32. The standard InChI is InChI=1S/C16H26O3/c1-2-13(11-17)6-5-7-14(12-18)10-15-8-3-4-9-16(15)19/h3-4,8-9,13-14,17-19H,2,5-7,10-12H2,1H3. The van der Waals surface area contributed by atoms with Crippen LogP contribution in [0.3, 0.4) is 0 Å². The molecule has 0 amide bonds. The predicted octanol–water partition coefficient (Wildman–Crippen LogP) is 2.73. The van der Waals surface area contributed by atoms with Gasteiger partial charge in [0.2, 0.25) is 0 Å². The van der Waals surface area contributed by atoms with Gasteiger partial charge in [-0.1, -0.05) is 38.0 Å². The van der Waals surface area contributed by atoms with E-state index in [4.69, 9.17) is 5.11 Å². The second kappa shape index (κ2) is 8.94. The Kier molecular flexibility index (Phi) is 7.53. The summed E-state index contributed by atoms with van der Waals surface area (Å²) in [5.74, 6) is 0.872. The first kappa shape index (κ1) is 16.0. The Balaban J connectivity index is 2.40. The highest BCUT2D eigenvalue weighted by Gasteiger charge is 2.12. The van der Waals surface area contributed by atoms with E-state index in [9.17, 15) is 10.2 Å². The fraction of sp³-hybridized carbons (Fsp3) is 0.625. The molecule has 1 aromatic carbocycles. The van der Waals surface area contributed by atoms with Gasteiger partial charge in [-0.25, -0.2) is 0 Å². The zero-order valence-electron chi connectivity index (χ0n) is 11.8. The summed E-state index contributed by atoms with van der Waals surface area (Å²) in [6.45, 7) is 2.48. The average Bonchev–Trinajstić information content (AvgIpc) is 2.44. The van der Waals surface area contributed by atoms with E-state index in [2.05, 4.69) is 6.92 Å². The van der Waals surface area contributed by atoms with Gasteiger partial charge in [0.05, 0.1) is 0 Å². The lowest BCUT2D eigenvalue weighted by Gasteiger charge is -2.17. The molecule has 0 heterocycles. The maximum absolute atomic E-state index is 9.73. The van der Waals surface area contributed by atoms with Gasteiger partial charge in [0.1, 0.15) is 5.75 Å². The van der Waals surface area contributed by atoms with E-state index in [1.807, 2.05) is 12.1 Å². The van der Waals surface area contributed by atoms with Crippen molar-refractivity contribution in [1.82, 2.24) is 0 Å². The minimum absolute atomic E-state index is 0.143. The number of aliphatic hydroxyl groups is 2. The molecule has 19 heavy (non-hydrogen) atoms. The molecular formula is C16H26O3. The van der Waals surface area contributed by atoms with Crippen molar-refractivity contribution in [1.29, 1.82) is 0 Å². The fourth-order valence-corrected chi connectivity index (χ4v) is 2.37. The summed E-state index contributed by atoms with van der Waals surface area (Å²) in [7, 11) is 0. The Hall–Kier alpha value is -1.06. The Morgan fingerprint density at radius 1 is 1.00 bits per heavy atom. The third-order valence-corrected chi connectivity index (χ3v) is 3.82. The van der Waals surface area contributed by atoms with E-state index in [0.29, 0.717) is 18.1 Å². The van der Waals surface area contributed by atoms with Crippen molar-refractivity contribution in [2.75, 3.05) is 13.2 Å². The molecular weight excluding hydrogens is 240 g/mol. The maximum atomic E-state index is 9.73. The first-order valence-electron chi connectivity index (χ1n) is 7.19. The Bertz CT molecular complexity index is 348. The molecule has 0 aliphatic rings. The van der Waals surface area contributed by atoms with Crippen LogP contribution in [0.25, 0.3) is 0 Å². The zero-order valence-corrected chi connectivity index (χ0v) is 11.8. The molecule has 0 aromatic heterocycles. The van der Waals surface area contributed by atoms with Gasteiger partial charge in [-0.3, -0.25) is 0 Å². The van der Waals surface area contributed by atoms with E-state index in [-0.39, 0.29) is 19.1 Å². The summed E-state index contributed by atoms with van der Waals surface area (Å²) in [6, 6.07) is 7.30. The fourth-order valence-electron chi connectivity index (χ4n) is 2.37. The van der Waals surface area contributed by atoms with Crippen molar-refractivity contribution < 1.29 is 15.3 Å². The average molecular weight is 266 g/mol. The third kappa shape index (κ3) is 5.62. The SMILES string of the molecule is CCC(CO)CCCC(CO)Cc1ccccc1O. The Morgan fingerprint density at radius 2 is 1.63 bits per heavy atom. The second-order valence-corrected chi connectivity index (χ2v) is 5.27. The van der Waals surface area contributed by atoms with Crippen molar-refractivity contribution in [3.05, 3.63) is 29.8 Å². The highest BCUT2D eigenvalue weighted by Crippen LogP contribution is 2.23. The van der Waals surface area contributed by atoms with Crippen LogP contribution in [-0.2, 0) is 6.42 Å². The maximum Gasteiger partial charge on any atom is 0.118 e. The first-order valence-corrected chi connectivity index (χ1v) is 7.19. The van der Waals surface area contributed by atoms with E-state index < -0.39 is 0 Å². The Morgan fingerprint density at radius 3 is 2.21 bits per heavy atom. The van der Waals surface area contributed by atoms with Crippen LogP contribution in [0.2, 0.25) is 0 Å². The van der Waals surface area contributed by atoms with Gasteiger partial charge < -0.3 is 15.3 Å². The van der Waals surface area contributed by atoms with Crippen LogP contribution in [0, 0.1) is 11.8 Å². The highest BCUT2D eigenvalue weighted by atomic mass is 16.3. The number of aromatic hydroxyl groups is 1. The molecule has 2 atom stereocenters. The van der Waals surface area contributed by atoms with Crippen LogP contribution in [0.1, 0.15) is 38.2 Å². The van der Waals surface area contributed by atoms with E-state index in [0.717, 1.165) is 31.2 Å². The lowest BCUT2D eigenvalue weighted by Crippen LogP contribution is -2.11. The van der Waals surface area contributed by atoms with Crippen molar-refractivity contribution in [3.8, 4) is 5.75 Å². The van der Waals surface area contributed by atoms with Gasteiger partial charge in [-0.2, -0.15) is 0 Å². The number of para-hydroxylation sites is 1. The normalized spacial score (nSPS) is 14.3. The molecule has 0 spiro atoms. The van der Waals surface area contributed by atoms with Crippen molar-refractivity contribution in [2.45, 2.75) is 39.0 Å². The summed E-state index contributed by atoms with van der Waals surface area (Å²) in [4.78, 5) is 0. The molecule has 1 rings (SSSR count). The summed E-state index contributed by atoms with van der Waals surface area (Å²) >= 11 is 0. The van der Waals surface area contributed by atoms with Crippen molar-refractivity contribution in [2.24, 2.45) is 11.8 Å². The molecule has 0 aliphatic heterocycles. The molecule has 2 unspecified atom stereocenters. The van der Waals surface area contributed by atoms with Gasteiger partial charge in [-0.15, -0.1) is 0 Å². The van der Waals surface area contributed by atoms with Crippen LogP contribution < -0.4 is 0 Å². The van der Waals surface area contributed by atoms with Gasteiger partial charge >= 0.3 is 0 Å².